The third kappa shape index (κ3) is 4.50. The number of hydrogen-bond acceptors (Lipinski definition) is 5. The number of aryl methyl sites for hydroxylation is 1. The molecule has 1 aliphatic heterocycles. The molecular formula is C23H20N2O5S. The van der Waals surface area contributed by atoms with Crippen LogP contribution in [0.25, 0.3) is 0 Å². The van der Waals surface area contributed by atoms with Gasteiger partial charge in [-0.1, -0.05) is 29.8 Å². The van der Waals surface area contributed by atoms with E-state index >= 15 is 0 Å². The van der Waals surface area contributed by atoms with Gasteiger partial charge < -0.3 is 10.1 Å². The SMILES string of the molecule is Cc1ccc([C@@H]2Cc3cc(C(=O)Nc4ccc(S(N)(=O)=O)cc4)ccc3C(=O)O2)cc1. The highest BCUT2D eigenvalue weighted by atomic mass is 32.2. The summed E-state index contributed by atoms with van der Waals surface area (Å²) < 4.78 is 28.3. The summed E-state index contributed by atoms with van der Waals surface area (Å²) in [5, 5.41) is 7.80. The molecule has 1 atom stereocenters. The lowest BCUT2D eigenvalue weighted by Gasteiger charge is -2.25. The van der Waals surface area contributed by atoms with Gasteiger partial charge in [-0.2, -0.15) is 0 Å². The predicted molar refractivity (Wildman–Crippen MR) is 115 cm³/mol. The molecule has 8 heteroatoms. The molecule has 1 amide bonds. The number of anilines is 1. The molecule has 1 heterocycles. The number of esters is 1. The third-order valence-corrected chi connectivity index (χ3v) is 6.06. The van der Waals surface area contributed by atoms with Crippen LogP contribution in [0.1, 0.15) is 43.5 Å². The van der Waals surface area contributed by atoms with Crippen LogP contribution < -0.4 is 10.5 Å². The van der Waals surface area contributed by atoms with Gasteiger partial charge in [-0.25, -0.2) is 18.4 Å². The van der Waals surface area contributed by atoms with Crippen molar-refractivity contribution in [1.29, 1.82) is 0 Å². The van der Waals surface area contributed by atoms with Crippen molar-refractivity contribution in [1.82, 2.24) is 0 Å². The van der Waals surface area contributed by atoms with Crippen LogP contribution in [0.2, 0.25) is 0 Å². The highest BCUT2D eigenvalue weighted by molar-refractivity contribution is 7.89. The number of cyclic esters (lactones) is 1. The number of rotatable bonds is 4. The van der Waals surface area contributed by atoms with Crippen LogP contribution in [0.3, 0.4) is 0 Å². The molecule has 0 saturated carbocycles. The van der Waals surface area contributed by atoms with Gasteiger partial charge in [0.1, 0.15) is 6.10 Å². The number of nitrogens with one attached hydrogen (secondary N) is 1. The Bertz CT molecular complexity index is 1270. The molecule has 0 aromatic heterocycles. The predicted octanol–water partition coefficient (Wildman–Crippen LogP) is 3.35. The lowest BCUT2D eigenvalue weighted by Crippen LogP contribution is -2.23. The molecule has 4 rings (SSSR count). The number of primary sulfonamides is 1. The van der Waals surface area contributed by atoms with Gasteiger partial charge in [0.05, 0.1) is 10.5 Å². The van der Waals surface area contributed by atoms with Crippen molar-refractivity contribution in [3.05, 3.63) is 94.5 Å². The van der Waals surface area contributed by atoms with Gasteiger partial charge in [-0.3, -0.25) is 4.79 Å². The molecule has 0 fully saturated rings. The molecule has 7 nitrogen and oxygen atoms in total. The van der Waals surface area contributed by atoms with Gasteiger partial charge in [-0.15, -0.1) is 0 Å². The van der Waals surface area contributed by atoms with Crippen LogP contribution in [0, 0.1) is 6.92 Å². The molecule has 0 saturated heterocycles. The first-order valence-electron chi connectivity index (χ1n) is 9.55. The van der Waals surface area contributed by atoms with Gasteiger partial charge in [0.2, 0.25) is 10.0 Å². The van der Waals surface area contributed by atoms with Gasteiger partial charge in [-0.05, 0) is 60.5 Å². The molecular weight excluding hydrogens is 416 g/mol. The van der Waals surface area contributed by atoms with Gasteiger partial charge in [0.25, 0.3) is 5.91 Å². The molecule has 0 radical (unpaired) electrons. The first-order chi connectivity index (χ1) is 14.7. The molecule has 0 aliphatic carbocycles. The number of sulfonamides is 1. The summed E-state index contributed by atoms with van der Waals surface area (Å²) >= 11 is 0. The first-order valence-corrected chi connectivity index (χ1v) is 11.1. The van der Waals surface area contributed by atoms with E-state index in [2.05, 4.69) is 5.32 Å². The maximum Gasteiger partial charge on any atom is 0.339 e. The smallest absolute Gasteiger partial charge is 0.339 e. The van der Waals surface area contributed by atoms with E-state index in [-0.39, 0.29) is 10.8 Å². The number of fused-ring (bicyclic) bond motifs is 1. The minimum absolute atomic E-state index is 0.0417. The highest BCUT2D eigenvalue weighted by Gasteiger charge is 2.28. The number of benzene rings is 3. The Morgan fingerprint density at radius 3 is 2.35 bits per heavy atom. The van der Waals surface area contributed by atoms with E-state index < -0.39 is 22.1 Å². The Hall–Kier alpha value is -3.49. The van der Waals surface area contributed by atoms with E-state index in [1.165, 1.54) is 24.3 Å². The molecule has 3 N–H and O–H groups in total. The fourth-order valence-electron chi connectivity index (χ4n) is 3.44. The minimum atomic E-state index is -3.80. The van der Waals surface area contributed by atoms with E-state index in [1.54, 1.807) is 18.2 Å². The Morgan fingerprint density at radius 1 is 1.03 bits per heavy atom. The fraction of sp³-hybridized carbons (Fsp3) is 0.130. The van der Waals surface area contributed by atoms with Crippen LogP contribution in [0.5, 0.6) is 0 Å². The van der Waals surface area contributed by atoms with Gasteiger partial charge in [0.15, 0.2) is 0 Å². The largest absolute Gasteiger partial charge is 0.454 e. The minimum Gasteiger partial charge on any atom is -0.454 e. The Morgan fingerprint density at radius 2 is 1.71 bits per heavy atom. The number of hydrogen-bond donors (Lipinski definition) is 2. The van der Waals surface area contributed by atoms with Crippen molar-refractivity contribution in [3.63, 3.8) is 0 Å². The Labute approximate surface area is 179 Å². The summed E-state index contributed by atoms with van der Waals surface area (Å²) in [6.45, 7) is 1.99. The van der Waals surface area contributed by atoms with Crippen LogP contribution in [-0.2, 0) is 21.2 Å². The van der Waals surface area contributed by atoms with Crippen molar-refractivity contribution in [3.8, 4) is 0 Å². The van der Waals surface area contributed by atoms with Crippen molar-refractivity contribution in [2.24, 2.45) is 5.14 Å². The molecule has 0 spiro atoms. The van der Waals surface area contributed by atoms with E-state index in [1.807, 2.05) is 31.2 Å². The maximum absolute atomic E-state index is 12.7. The van der Waals surface area contributed by atoms with E-state index in [0.717, 1.165) is 16.7 Å². The molecule has 1 aliphatic rings. The standard InChI is InChI=1S/C23H20N2O5S/c1-14-2-4-15(5-3-14)21-13-17-12-16(6-11-20(17)23(27)30-21)22(26)25-18-7-9-19(10-8-18)31(24,28)29/h2-12,21H,13H2,1H3,(H,25,26)(H2,24,28,29)/t21-/m0/s1. The number of amides is 1. The second-order valence-corrected chi connectivity index (χ2v) is 8.97. The van der Waals surface area contributed by atoms with Crippen LogP contribution in [0.4, 0.5) is 5.69 Å². The number of nitrogens with two attached hydrogens (primary N) is 1. The summed E-state index contributed by atoms with van der Waals surface area (Å²) in [6.07, 6.45) is 0.0542. The highest BCUT2D eigenvalue weighted by Crippen LogP contribution is 2.31. The van der Waals surface area contributed by atoms with Crippen molar-refractivity contribution < 1.29 is 22.7 Å². The lowest BCUT2D eigenvalue weighted by atomic mass is 9.92. The van der Waals surface area contributed by atoms with Crippen molar-refractivity contribution in [2.75, 3.05) is 5.32 Å². The molecule has 0 bridgehead atoms. The molecule has 158 valence electrons. The van der Waals surface area contributed by atoms with Crippen molar-refractivity contribution >= 4 is 27.6 Å². The first kappa shape index (κ1) is 20.8. The van der Waals surface area contributed by atoms with E-state index in [0.29, 0.717) is 23.2 Å². The van der Waals surface area contributed by atoms with Crippen LogP contribution >= 0.6 is 0 Å². The fourth-order valence-corrected chi connectivity index (χ4v) is 3.95. The Balaban J connectivity index is 1.54. The third-order valence-electron chi connectivity index (χ3n) is 5.13. The normalized spacial score (nSPS) is 15.7. The lowest BCUT2D eigenvalue weighted by molar-refractivity contribution is 0.0252. The topological polar surface area (TPSA) is 116 Å². The van der Waals surface area contributed by atoms with Crippen molar-refractivity contribution in [2.45, 2.75) is 24.3 Å². The number of carbonyl (C=O) groups excluding carboxylic acids is 2. The van der Waals surface area contributed by atoms with Crippen LogP contribution in [-0.4, -0.2) is 20.3 Å². The average Bonchev–Trinajstić information content (AvgIpc) is 2.73. The summed E-state index contributed by atoms with van der Waals surface area (Å²) in [4.78, 5) is 25.1. The number of ether oxygens (including phenoxy) is 1. The Kier molecular flexibility index (Phi) is 5.34. The summed E-state index contributed by atoms with van der Waals surface area (Å²) in [7, 11) is -3.80. The maximum atomic E-state index is 12.7. The summed E-state index contributed by atoms with van der Waals surface area (Å²) in [5.41, 5.74) is 3.99. The second kappa shape index (κ2) is 7.98. The van der Waals surface area contributed by atoms with Gasteiger partial charge >= 0.3 is 5.97 Å². The quantitative estimate of drug-likeness (QED) is 0.609. The molecule has 0 unspecified atom stereocenters. The monoisotopic (exact) mass is 436 g/mol. The number of carbonyl (C=O) groups is 2. The van der Waals surface area contributed by atoms with Crippen LogP contribution in [0.15, 0.2) is 71.6 Å². The second-order valence-electron chi connectivity index (χ2n) is 7.40. The average molecular weight is 436 g/mol. The summed E-state index contributed by atoms with van der Waals surface area (Å²) in [5.74, 6) is -0.797. The molecule has 31 heavy (non-hydrogen) atoms. The molecule has 3 aromatic rings. The van der Waals surface area contributed by atoms with E-state index in [4.69, 9.17) is 9.88 Å². The zero-order valence-corrected chi connectivity index (χ0v) is 17.5. The van der Waals surface area contributed by atoms with E-state index in [9.17, 15) is 18.0 Å². The van der Waals surface area contributed by atoms with Gasteiger partial charge in [0, 0.05) is 17.7 Å². The zero-order valence-electron chi connectivity index (χ0n) is 16.7. The summed E-state index contributed by atoms with van der Waals surface area (Å²) in [6, 6.07) is 18.2. The molecule has 3 aromatic carbocycles. The zero-order chi connectivity index (χ0) is 22.2.